The minimum absolute atomic E-state index is 0.178. The standard InChI is InChI=1S/C22H26FN3O3/c1-12-18-15(26(13-4-5-13)9-14(20(18)27)21(28)29)8-16(19(12)23)25-10-17(24(2)3)22(11-25)6-7-22/h8-9,13,17H,4-7,10-11H2,1-3H3,(H,28,29). The highest BCUT2D eigenvalue weighted by Gasteiger charge is 2.56. The Bertz CT molecular complexity index is 1100. The molecule has 1 N–H and O–H groups in total. The van der Waals surface area contributed by atoms with Gasteiger partial charge in [0.1, 0.15) is 11.4 Å². The lowest BCUT2D eigenvalue weighted by molar-refractivity contribution is 0.0695. The smallest absolute Gasteiger partial charge is 0.341 e. The van der Waals surface area contributed by atoms with E-state index in [1.807, 2.05) is 4.57 Å². The maximum Gasteiger partial charge on any atom is 0.341 e. The number of aromatic nitrogens is 1. The van der Waals surface area contributed by atoms with Crippen LogP contribution < -0.4 is 10.3 Å². The lowest BCUT2D eigenvalue weighted by Crippen LogP contribution is -2.36. The van der Waals surface area contributed by atoms with Crippen molar-refractivity contribution in [3.8, 4) is 0 Å². The highest BCUT2D eigenvalue weighted by atomic mass is 19.1. The largest absolute Gasteiger partial charge is 0.477 e. The molecule has 5 rings (SSSR count). The first-order valence-electron chi connectivity index (χ1n) is 10.3. The normalized spacial score (nSPS) is 22.8. The van der Waals surface area contributed by atoms with E-state index in [1.54, 1.807) is 13.0 Å². The molecule has 2 saturated carbocycles. The lowest BCUT2D eigenvalue weighted by Gasteiger charge is -2.25. The zero-order chi connectivity index (χ0) is 20.7. The van der Waals surface area contributed by atoms with E-state index in [-0.39, 0.29) is 28.0 Å². The van der Waals surface area contributed by atoms with Crippen molar-refractivity contribution in [1.82, 2.24) is 9.47 Å². The van der Waals surface area contributed by atoms with Gasteiger partial charge in [-0.25, -0.2) is 9.18 Å². The zero-order valence-corrected chi connectivity index (χ0v) is 17.0. The van der Waals surface area contributed by atoms with Crippen LogP contribution in [0.15, 0.2) is 17.1 Å². The van der Waals surface area contributed by atoms with Gasteiger partial charge in [0.15, 0.2) is 0 Å². The number of carboxylic acids is 1. The molecule has 154 valence electrons. The molecule has 1 aromatic carbocycles. The first-order valence-corrected chi connectivity index (χ1v) is 10.3. The Kier molecular flexibility index (Phi) is 3.88. The van der Waals surface area contributed by atoms with Gasteiger partial charge in [-0.05, 0) is 52.8 Å². The van der Waals surface area contributed by atoms with Gasteiger partial charge in [-0.2, -0.15) is 0 Å². The molecule has 1 unspecified atom stereocenters. The third kappa shape index (κ3) is 2.70. The molecule has 0 radical (unpaired) electrons. The molecule has 1 saturated heterocycles. The van der Waals surface area contributed by atoms with Crippen LogP contribution in [0.25, 0.3) is 10.9 Å². The van der Waals surface area contributed by atoms with E-state index in [4.69, 9.17) is 0 Å². The van der Waals surface area contributed by atoms with Crippen LogP contribution in [0.5, 0.6) is 0 Å². The third-order valence-electron chi connectivity index (χ3n) is 7.11. The van der Waals surface area contributed by atoms with Gasteiger partial charge in [0.25, 0.3) is 0 Å². The van der Waals surface area contributed by atoms with Gasteiger partial charge in [-0.15, -0.1) is 0 Å². The van der Waals surface area contributed by atoms with E-state index in [2.05, 4.69) is 23.9 Å². The summed E-state index contributed by atoms with van der Waals surface area (Å²) in [4.78, 5) is 28.8. The molecule has 2 heterocycles. The molecule has 7 heteroatoms. The van der Waals surface area contributed by atoms with E-state index in [0.717, 1.165) is 38.8 Å². The predicted octanol–water partition coefficient (Wildman–Crippen LogP) is 3.01. The maximum absolute atomic E-state index is 15.5. The summed E-state index contributed by atoms with van der Waals surface area (Å²) in [5, 5.41) is 9.66. The van der Waals surface area contributed by atoms with E-state index in [1.165, 1.54) is 6.20 Å². The molecule has 1 aliphatic heterocycles. The summed E-state index contributed by atoms with van der Waals surface area (Å²) in [5.41, 5.74) is 0.779. The Morgan fingerprint density at radius 3 is 2.52 bits per heavy atom. The number of anilines is 1. The van der Waals surface area contributed by atoms with Gasteiger partial charge >= 0.3 is 5.97 Å². The number of benzene rings is 1. The van der Waals surface area contributed by atoms with Crippen molar-refractivity contribution in [3.05, 3.63) is 39.4 Å². The Morgan fingerprint density at radius 1 is 1.31 bits per heavy atom. The second-order valence-corrected chi connectivity index (χ2v) is 9.27. The molecule has 2 aromatic rings. The number of halogens is 1. The highest BCUT2D eigenvalue weighted by molar-refractivity contribution is 5.95. The van der Waals surface area contributed by atoms with Crippen LogP contribution in [0.2, 0.25) is 0 Å². The van der Waals surface area contributed by atoms with E-state index in [0.29, 0.717) is 17.2 Å². The van der Waals surface area contributed by atoms with Gasteiger partial charge in [-0.1, -0.05) is 0 Å². The average molecular weight is 399 g/mol. The monoisotopic (exact) mass is 399 g/mol. The Hall–Kier alpha value is -2.41. The number of carbonyl (C=O) groups is 1. The van der Waals surface area contributed by atoms with Crippen LogP contribution in [0, 0.1) is 18.2 Å². The number of aryl methyl sites for hydroxylation is 1. The van der Waals surface area contributed by atoms with Crippen LogP contribution in [-0.2, 0) is 0 Å². The summed E-state index contributed by atoms with van der Waals surface area (Å²) in [7, 11) is 4.16. The van der Waals surface area contributed by atoms with Gasteiger partial charge in [0.2, 0.25) is 5.43 Å². The van der Waals surface area contributed by atoms with Crippen molar-refractivity contribution in [2.45, 2.75) is 44.7 Å². The fraction of sp³-hybridized carbons (Fsp3) is 0.545. The summed E-state index contributed by atoms with van der Waals surface area (Å²) < 4.78 is 17.4. The van der Waals surface area contributed by atoms with E-state index < -0.39 is 17.2 Å². The molecule has 29 heavy (non-hydrogen) atoms. The van der Waals surface area contributed by atoms with Gasteiger partial charge < -0.3 is 19.5 Å². The summed E-state index contributed by atoms with van der Waals surface area (Å²) in [6.07, 6.45) is 5.65. The molecule has 1 atom stereocenters. The van der Waals surface area contributed by atoms with Crippen LogP contribution in [0.4, 0.5) is 10.1 Å². The fourth-order valence-electron chi connectivity index (χ4n) is 5.19. The number of pyridine rings is 1. The number of hydrogen-bond donors (Lipinski definition) is 1. The minimum Gasteiger partial charge on any atom is -0.477 e. The van der Waals surface area contributed by atoms with Gasteiger partial charge in [0.05, 0.1) is 16.6 Å². The predicted molar refractivity (Wildman–Crippen MR) is 109 cm³/mol. The Morgan fingerprint density at radius 2 is 2.00 bits per heavy atom. The number of carboxylic acid groups (broad SMARTS) is 1. The lowest BCUT2D eigenvalue weighted by atomic mass is 10.0. The number of rotatable bonds is 4. The fourth-order valence-corrected chi connectivity index (χ4v) is 5.19. The number of likely N-dealkylation sites (N-methyl/N-ethyl adjacent to an activating group) is 1. The molecule has 1 spiro atoms. The Labute approximate surface area is 168 Å². The molecule has 3 fully saturated rings. The first kappa shape index (κ1) is 18.6. The highest BCUT2D eigenvalue weighted by Crippen LogP contribution is 2.55. The van der Waals surface area contributed by atoms with E-state index in [9.17, 15) is 14.7 Å². The molecular formula is C22H26FN3O3. The summed E-state index contributed by atoms with van der Waals surface area (Å²) in [6.45, 7) is 3.17. The molecule has 1 aromatic heterocycles. The van der Waals surface area contributed by atoms with Crippen molar-refractivity contribution < 1.29 is 14.3 Å². The molecular weight excluding hydrogens is 373 g/mol. The SMILES string of the molecule is Cc1c(F)c(N2CC(N(C)C)C3(CC3)C2)cc2c1c(=O)c(C(=O)O)cn2C1CC1. The summed E-state index contributed by atoms with van der Waals surface area (Å²) >= 11 is 0. The number of aromatic carboxylic acids is 1. The number of fused-ring (bicyclic) bond motifs is 1. The van der Waals surface area contributed by atoms with Crippen molar-refractivity contribution >= 4 is 22.6 Å². The zero-order valence-electron chi connectivity index (χ0n) is 17.0. The van der Waals surface area contributed by atoms with Gasteiger partial charge in [-0.3, -0.25) is 4.79 Å². The molecule has 3 aliphatic rings. The maximum atomic E-state index is 15.5. The van der Waals surface area contributed by atoms with Crippen LogP contribution in [0.1, 0.15) is 47.6 Å². The third-order valence-corrected chi connectivity index (χ3v) is 7.11. The van der Waals surface area contributed by atoms with Crippen molar-refractivity contribution in [1.29, 1.82) is 0 Å². The van der Waals surface area contributed by atoms with Gasteiger partial charge in [0, 0.05) is 42.3 Å². The van der Waals surface area contributed by atoms with Crippen LogP contribution in [-0.4, -0.2) is 53.8 Å². The van der Waals surface area contributed by atoms with Crippen molar-refractivity contribution in [2.24, 2.45) is 5.41 Å². The van der Waals surface area contributed by atoms with Crippen LogP contribution >= 0.6 is 0 Å². The Balaban J connectivity index is 1.70. The number of hydrogen-bond acceptors (Lipinski definition) is 4. The topological polar surface area (TPSA) is 65.8 Å². The summed E-state index contributed by atoms with van der Waals surface area (Å²) in [5.74, 6) is -1.67. The second kappa shape index (κ2) is 6.05. The average Bonchev–Trinajstić information content (AvgIpc) is 3.56. The molecule has 2 aliphatic carbocycles. The quantitative estimate of drug-likeness (QED) is 0.856. The second-order valence-electron chi connectivity index (χ2n) is 9.27. The van der Waals surface area contributed by atoms with Crippen molar-refractivity contribution in [3.63, 3.8) is 0 Å². The van der Waals surface area contributed by atoms with Crippen LogP contribution in [0.3, 0.4) is 0 Å². The molecule has 6 nitrogen and oxygen atoms in total. The molecule has 0 bridgehead atoms. The minimum atomic E-state index is -1.26. The summed E-state index contributed by atoms with van der Waals surface area (Å²) in [6, 6.07) is 2.34. The first-order chi connectivity index (χ1) is 13.7. The van der Waals surface area contributed by atoms with E-state index >= 15 is 4.39 Å². The molecule has 0 amide bonds. The number of nitrogens with zero attached hydrogens (tertiary/aromatic N) is 3. The van der Waals surface area contributed by atoms with Crippen molar-refractivity contribution in [2.75, 3.05) is 32.1 Å².